The van der Waals surface area contributed by atoms with Crippen LogP contribution in [0.4, 0.5) is 18.9 Å². The highest BCUT2D eigenvalue weighted by Gasteiger charge is 2.33. The van der Waals surface area contributed by atoms with Crippen LogP contribution < -0.4 is 10.9 Å². The lowest BCUT2D eigenvalue weighted by Crippen LogP contribution is -2.30. The number of aromatic amines is 1. The second-order valence-electron chi connectivity index (χ2n) is 5.93. The Morgan fingerprint density at radius 1 is 1.04 bits per heavy atom. The van der Waals surface area contributed by atoms with E-state index in [2.05, 4.69) is 15.8 Å². The fourth-order valence-electron chi connectivity index (χ4n) is 2.82. The summed E-state index contributed by atoms with van der Waals surface area (Å²) >= 11 is 0. The predicted octanol–water partition coefficient (Wildman–Crippen LogP) is 4.65. The zero-order valence-corrected chi connectivity index (χ0v) is 13.9. The summed E-state index contributed by atoms with van der Waals surface area (Å²) in [6.07, 6.45) is -1.06. The van der Waals surface area contributed by atoms with E-state index >= 15 is 0 Å². The lowest BCUT2D eigenvalue weighted by atomic mass is 10.1. The normalized spacial score (nSPS) is 11.5. The van der Waals surface area contributed by atoms with Gasteiger partial charge in [0.25, 0.3) is 0 Å². The Kier molecular flexibility index (Phi) is 5.16. The summed E-state index contributed by atoms with van der Waals surface area (Å²) in [5.41, 5.74) is 5.86. The zero-order valence-electron chi connectivity index (χ0n) is 13.9. The number of hydrogen-bond acceptors (Lipinski definition) is 2. The smallest absolute Gasteiger partial charge is 0.361 e. The van der Waals surface area contributed by atoms with Crippen molar-refractivity contribution in [2.45, 2.75) is 25.4 Å². The number of aryl methyl sites for hydroxylation is 1. The topological polar surface area (TPSA) is 56.9 Å². The number of aromatic nitrogens is 1. The molecule has 0 bridgehead atoms. The van der Waals surface area contributed by atoms with E-state index in [0.717, 1.165) is 22.5 Å². The van der Waals surface area contributed by atoms with Gasteiger partial charge in [0.15, 0.2) is 0 Å². The Bertz CT molecular complexity index is 902. The number of hydrogen-bond donors (Lipinski definition) is 3. The Labute approximate surface area is 148 Å². The standard InChI is InChI=1S/C19H18F3N3O/c20-19(21,22)15-8-2-4-10-17(15)24-25-18(26)11-5-6-13-12-23-16-9-3-1-7-14(13)16/h1-4,7-10,12,23-24H,5-6,11H2,(H,25,26). The maximum atomic E-state index is 12.9. The molecule has 0 aliphatic heterocycles. The highest BCUT2D eigenvalue weighted by atomic mass is 19.4. The van der Waals surface area contributed by atoms with Gasteiger partial charge in [0.05, 0.1) is 11.3 Å². The van der Waals surface area contributed by atoms with E-state index < -0.39 is 11.7 Å². The molecule has 3 aromatic rings. The molecule has 136 valence electrons. The largest absolute Gasteiger partial charge is 0.418 e. The van der Waals surface area contributed by atoms with Crippen LogP contribution in [0.1, 0.15) is 24.0 Å². The van der Waals surface area contributed by atoms with Gasteiger partial charge in [-0.25, -0.2) is 0 Å². The highest BCUT2D eigenvalue weighted by molar-refractivity contribution is 5.83. The number of hydrazine groups is 1. The monoisotopic (exact) mass is 361 g/mol. The van der Waals surface area contributed by atoms with E-state index in [1.807, 2.05) is 30.5 Å². The number of para-hydroxylation sites is 2. The maximum absolute atomic E-state index is 12.9. The molecule has 0 aliphatic carbocycles. The molecule has 4 nitrogen and oxygen atoms in total. The van der Waals surface area contributed by atoms with Gasteiger partial charge < -0.3 is 4.98 Å². The van der Waals surface area contributed by atoms with Gasteiger partial charge in [-0.1, -0.05) is 30.3 Å². The molecule has 0 atom stereocenters. The van der Waals surface area contributed by atoms with Gasteiger partial charge in [-0.15, -0.1) is 0 Å². The lowest BCUT2D eigenvalue weighted by Gasteiger charge is -2.14. The molecule has 0 radical (unpaired) electrons. The third-order valence-electron chi connectivity index (χ3n) is 4.09. The zero-order chi connectivity index (χ0) is 18.6. The molecular weight excluding hydrogens is 343 g/mol. The van der Waals surface area contributed by atoms with Crippen LogP contribution in [0.5, 0.6) is 0 Å². The molecule has 26 heavy (non-hydrogen) atoms. The number of amides is 1. The molecular formula is C19H18F3N3O. The Morgan fingerprint density at radius 2 is 1.77 bits per heavy atom. The number of carbonyl (C=O) groups excluding carboxylic acids is 1. The average Bonchev–Trinajstić information content (AvgIpc) is 3.03. The first-order chi connectivity index (χ1) is 12.4. The molecule has 2 aromatic carbocycles. The number of carbonyl (C=O) groups is 1. The van der Waals surface area contributed by atoms with Crippen molar-refractivity contribution in [3.63, 3.8) is 0 Å². The Hall–Kier alpha value is -2.96. The molecule has 1 aromatic heterocycles. The van der Waals surface area contributed by atoms with Gasteiger partial charge in [-0.2, -0.15) is 13.2 Å². The molecule has 0 fully saturated rings. The summed E-state index contributed by atoms with van der Waals surface area (Å²) in [6, 6.07) is 12.9. The van der Waals surface area contributed by atoms with Crippen molar-refractivity contribution in [2.75, 3.05) is 5.43 Å². The van der Waals surface area contributed by atoms with E-state index in [4.69, 9.17) is 0 Å². The van der Waals surface area contributed by atoms with Crippen LogP contribution in [0.2, 0.25) is 0 Å². The average molecular weight is 361 g/mol. The third-order valence-corrected chi connectivity index (χ3v) is 4.09. The molecule has 0 spiro atoms. The van der Waals surface area contributed by atoms with Crippen molar-refractivity contribution in [3.8, 4) is 0 Å². The molecule has 1 amide bonds. The number of benzene rings is 2. The Balaban J connectivity index is 1.51. The minimum atomic E-state index is -4.48. The van der Waals surface area contributed by atoms with Crippen LogP contribution >= 0.6 is 0 Å². The molecule has 0 saturated heterocycles. The number of anilines is 1. The molecule has 0 unspecified atom stereocenters. The van der Waals surface area contributed by atoms with Crippen LogP contribution in [0.25, 0.3) is 10.9 Å². The Morgan fingerprint density at radius 3 is 2.58 bits per heavy atom. The second-order valence-corrected chi connectivity index (χ2v) is 5.93. The molecule has 7 heteroatoms. The lowest BCUT2D eigenvalue weighted by molar-refractivity contribution is -0.137. The van der Waals surface area contributed by atoms with Crippen LogP contribution in [0.15, 0.2) is 54.7 Å². The summed E-state index contributed by atoms with van der Waals surface area (Å²) in [5.74, 6) is -0.359. The van der Waals surface area contributed by atoms with E-state index in [0.29, 0.717) is 12.8 Å². The van der Waals surface area contributed by atoms with E-state index in [1.54, 1.807) is 0 Å². The number of halogens is 3. The molecule has 3 N–H and O–H groups in total. The second kappa shape index (κ2) is 7.51. The van der Waals surface area contributed by atoms with E-state index in [9.17, 15) is 18.0 Å². The van der Waals surface area contributed by atoms with Crippen molar-refractivity contribution in [1.29, 1.82) is 0 Å². The van der Waals surface area contributed by atoms with E-state index in [1.165, 1.54) is 18.2 Å². The quantitative estimate of drug-likeness (QED) is 0.560. The van der Waals surface area contributed by atoms with Crippen molar-refractivity contribution in [2.24, 2.45) is 0 Å². The number of H-pyrrole nitrogens is 1. The maximum Gasteiger partial charge on any atom is 0.418 e. The SMILES string of the molecule is O=C(CCCc1c[nH]c2ccccc12)NNc1ccccc1C(F)(F)F. The summed E-state index contributed by atoms with van der Waals surface area (Å²) < 4.78 is 38.7. The van der Waals surface area contributed by atoms with Crippen molar-refractivity contribution in [1.82, 2.24) is 10.4 Å². The highest BCUT2D eigenvalue weighted by Crippen LogP contribution is 2.34. The first-order valence-corrected chi connectivity index (χ1v) is 8.21. The number of rotatable bonds is 6. The van der Waals surface area contributed by atoms with Gasteiger partial charge in [0.1, 0.15) is 0 Å². The first kappa shape index (κ1) is 17.8. The molecule has 0 saturated carbocycles. The fraction of sp³-hybridized carbons (Fsp3) is 0.211. The van der Waals surface area contributed by atoms with Crippen molar-refractivity contribution in [3.05, 3.63) is 65.9 Å². The van der Waals surface area contributed by atoms with Gasteiger partial charge in [-0.3, -0.25) is 15.6 Å². The first-order valence-electron chi connectivity index (χ1n) is 8.21. The molecule has 0 aliphatic rings. The summed E-state index contributed by atoms with van der Waals surface area (Å²) in [5, 5.41) is 1.12. The van der Waals surface area contributed by atoms with Crippen molar-refractivity contribution < 1.29 is 18.0 Å². The van der Waals surface area contributed by atoms with E-state index in [-0.39, 0.29) is 18.0 Å². The van der Waals surface area contributed by atoms with Gasteiger partial charge in [-0.05, 0) is 36.6 Å². The van der Waals surface area contributed by atoms with Gasteiger partial charge >= 0.3 is 6.18 Å². The van der Waals surface area contributed by atoms with Crippen LogP contribution in [-0.2, 0) is 17.4 Å². The number of alkyl halides is 3. The minimum Gasteiger partial charge on any atom is -0.361 e. The van der Waals surface area contributed by atoms with Gasteiger partial charge in [0.2, 0.25) is 5.91 Å². The van der Waals surface area contributed by atoms with Crippen LogP contribution in [0, 0.1) is 0 Å². The van der Waals surface area contributed by atoms with Crippen LogP contribution in [0.3, 0.4) is 0 Å². The van der Waals surface area contributed by atoms with Gasteiger partial charge in [0, 0.05) is 23.5 Å². The minimum absolute atomic E-state index is 0.176. The summed E-state index contributed by atoms with van der Waals surface area (Å²) in [7, 11) is 0. The fourth-order valence-corrected chi connectivity index (χ4v) is 2.82. The number of fused-ring (bicyclic) bond motifs is 1. The predicted molar refractivity (Wildman–Crippen MR) is 94.4 cm³/mol. The third kappa shape index (κ3) is 4.17. The molecule has 1 heterocycles. The number of nitrogens with one attached hydrogen (secondary N) is 3. The van der Waals surface area contributed by atoms with Crippen molar-refractivity contribution >= 4 is 22.5 Å². The summed E-state index contributed by atoms with van der Waals surface area (Å²) in [4.78, 5) is 15.1. The molecule has 3 rings (SSSR count). The summed E-state index contributed by atoms with van der Waals surface area (Å²) in [6.45, 7) is 0. The van der Waals surface area contributed by atoms with Crippen LogP contribution in [-0.4, -0.2) is 10.9 Å².